The standard InChI is InChI=1S/C18H14ClFN2O3S2/c1-22(15-8-4-13(20)5-9-15)27(24,25)16-10-11-26-17(16)18(23)21-14-6-2-12(19)3-7-14/h2-11H,1H3,(H,21,23). The molecule has 2 aromatic carbocycles. The quantitative estimate of drug-likeness (QED) is 0.650. The summed E-state index contributed by atoms with van der Waals surface area (Å²) in [6.45, 7) is 0. The molecule has 9 heteroatoms. The van der Waals surface area contributed by atoms with Gasteiger partial charge in [-0.3, -0.25) is 9.10 Å². The first-order chi connectivity index (χ1) is 12.8. The molecule has 1 heterocycles. The van der Waals surface area contributed by atoms with Gasteiger partial charge in [0.25, 0.3) is 15.9 Å². The van der Waals surface area contributed by atoms with Gasteiger partial charge in [-0.05, 0) is 60.0 Å². The highest BCUT2D eigenvalue weighted by atomic mass is 35.5. The zero-order valence-corrected chi connectivity index (χ0v) is 16.4. The molecule has 140 valence electrons. The molecule has 0 unspecified atom stereocenters. The summed E-state index contributed by atoms with van der Waals surface area (Å²) in [7, 11) is -2.65. The molecule has 27 heavy (non-hydrogen) atoms. The van der Waals surface area contributed by atoms with E-state index in [4.69, 9.17) is 11.6 Å². The minimum atomic E-state index is -4.00. The van der Waals surface area contributed by atoms with Gasteiger partial charge in [0.2, 0.25) is 0 Å². The van der Waals surface area contributed by atoms with Gasteiger partial charge in [-0.1, -0.05) is 11.6 Å². The predicted octanol–water partition coefficient (Wildman–Crippen LogP) is 4.62. The van der Waals surface area contributed by atoms with Crippen molar-refractivity contribution >= 4 is 50.2 Å². The van der Waals surface area contributed by atoms with Crippen LogP contribution in [0.1, 0.15) is 9.67 Å². The van der Waals surface area contributed by atoms with Gasteiger partial charge in [-0.2, -0.15) is 0 Å². The predicted molar refractivity (Wildman–Crippen MR) is 106 cm³/mol. The average Bonchev–Trinajstić information content (AvgIpc) is 3.14. The second kappa shape index (κ2) is 7.67. The lowest BCUT2D eigenvalue weighted by molar-refractivity contribution is 0.102. The number of nitrogens with zero attached hydrogens (tertiary/aromatic N) is 1. The van der Waals surface area contributed by atoms with Crippen LogP contribution in [0.5, 0.6) is 0 Å². The third-order valence-electron chi connectivity index (χ3n) is 3.77. The lowest BCUT2D eigenvalue weighted by Gasteiger charge is -2.19. The summed E-state index contributed by atoms with van der Waals surface area (Å²) >= 11 is 6.83. The first-order valence-corrected chi connectivity index (χ1v) is 10.4. The second-order valence-corrected chi connectivity index (χ2v) is 8.81. The largest absolute Gasteiger partial charge is 0.321 e. The number of hydrogen-bond donors (Lipinski definition) is 1. The number of amides is 1. The first-order valence-electron chi connectivity index (χ1n) is 7.68. The van der Waals surface area contributed by atoms with Crippen molar-refractivity contribution in [1.29, 1.82) is 0 Å². The third-order valence-corrected chi connectivity index (χ3v) is 6.89. The van der Waals surface area contributed by atoms with Crippen LogP contribution in [0.25, 0.3) is 0 Å². The van der Waals surface area contributed by atoms with Gasteiger partial charge in [0.1, 0.15) is 15.6 Å². The molecule has 0 aliphatic carbocycles. The van der Waals surface area contributed by atoms with Crippen molar-refractivity contribution in [2.45, 2.75) is 4.90 Å². The molecular formula is C18H14ClFN2O3S2. The summed E-state index contributed by atoms with van der Waals surface area (Å²) < 4.78 is 40.0. The molecule has 0 aliphatic rings. The molecule has 0 radical (unpaired) electrons. The molecule has 0 bridgehead atoms. The van der Waals surface area contributed by atoms with Crippen LogP contribution in [-0.2, 0) is 10.0 Å². The monoisotopic (exact) mass is 424 g/mol. The maximum absolute atomic E-state index is 13.1. The summed E-state index contributed by atoms with van der Waals surface area (Å²) in [5, 5.41) is 4.70. The Balaban J connectivity index is 1.89. The minimum Gasteiger partial charge on any atom is -0.321 e. The lowest BCUT2D eigenvalue weighted by Crippen LogP contribution is -2.28. The highest BCUT2D eigenvalue weighted by molar-refractivity contribution is 7.93. The molecule has 0 saturated heterocycles. The number of nitrogens with one attached hydrogen (secondary N) is 1. The number of sulfonamides is 1. The Morgan fingerprint density at radius 1 is 1.07 bits per heavy atom. The Labute approximate surface area is 165 Å². The molecule has 0 atom stereocenters. The van der Waals surface area contributed by atoms with E-state index >= 15 is 0 Å². The van der Waals surface area contributed by atoms with Crippen molar-refractivity contribution in [3.8, 4) is 0 Å². The normalized spacial score (nSPS) is 11.2. The van der Waals surface area contributed by atoms with E-state index in [9.17, 15) is 17.6 Å². The van der Waals surface area contributed by atoms with Crippen LogP contribution in [-0.4, -0.2) is 21.4 Å². The number of halogens is 2. The fourth-order valence-electron chi connectivity index (χ4n) is 2.32. The fourth-order valence-corrected chi connectivity index (χ4v) is 4.94. The lowest BCUT2D eigenvalue weighted by atomic mass is 10.3. The molecule has 5 nitrogen and oxygen atoms in total. The van der Waals surface area contributed by atoms with E-state index in [0.717, 1.165) is 15.6 Å². The number of carbonyl (C=O) groups is 1. The highest BCUT2D eigenvalue weighted by Gasteiger charge is 2.28. The van der Waals surface area contributed by atoms with Crippen LogP contribution in [0, 0.1) is 5.82 Å². The molecule has 1 N–H and O–H groups in total. The van der Waals surface area contributed by atoms with Crippen LogP contribution in [0.4, 0.5) is 15.8 Å². The van der Waals surface area contributed by atoms with Crippen molar-refractivity contribution < 1.29 is 17.6 Å². The maximum atomic E-state index is 13.1. The zero-order chi connectivity index (χ0) is 19.6. The molecular weight excluding hydrogens is 411 g/mol. The van der Waals surface area contributed by atoms with E-state index in [1.54, 1.807) is 24.3 Å². The molecule has 0 spiro atoms. The molecule has 3 aromatic rings. The Morgan fingerprint density at radius 3 is 2.33 bits per heavy atom. The van der Waals surface area contributed by atoms with Gasteiger partial charge < -0.3 is 5.32 Å². The number of rotatable bonds is 5. The Morgan fingerprint density at radius 2 is 1.70 bits per heavy atom. The topological polar surface area (TPSA) is 66.5 Å². The van der Waals surface area contributed by atoms with E-state index in [0.29, 0.717) is 10.7 Å². The van der Waals surface area contributed by atoms with Gasteiger partial charge in [-0.25, -0.2) is 12.8 Å². The third kappa shape index (κ3) is 4.13. The van der Waals surface area contributed by atoms with Crippen LogP contribution < -0.4 is 9.62 Å². The van der Waals surface area contributed by atoms with Gasteiger partial charge >= 0.3 is 0 Å². The van der Waals surface area contributed by atoms with Crippen molar-refractivity contribution in [2.24, 2.45) is 0 Å². The van der Waals surface area contributed by atoms with Crippen LogP contribution in [0.15, 0.2) is 64.9 Å². The van der Waals surface area contributed by atoms with E-state index in [2.05, 4.69) is 5.32 Å². The summed E-state index contributed by atoms with van der Waals surface area (Å²) in [6, 6.07) is 12.9. The number of hydrogen-bond acceptors (Lipinski definition) is 4. The maximum Gasteiger partial charge on any atom is 0.267 e. The summed E-state index contributed by atoms with van der Waals surface area (Å²) in [5.41, 5.74) is 0.777. The van der Waals surface area contributed by atoms with Gasteiger partial charge in [0.15, 0.2) is 0 Å². The van der Waals surface area contributed by atoms with Crippen LogP contribution in [0.3, 0.4) is 0 Å². The van der Waals surface area contributed by atoms with E-state index < -0.39 is 21.7 Å². The Kier molecular flexibility index (Phi) is 5.50. The average molecular weight is 425 g/mol. The van der Waals surface area contributed by atoms with Crippen molar-refractivity contribution in [3.63, 3.8) is 0 Å². The number of carbonyl (C=O) groups excluding carboxylic acids is 1. The number of anilines is 2. The Hall–Kier alpha value is -2.42. The fraction of sp³-hybridized carbons (Fsp3) is 0.0556. The molecule has 1 amide bonds. The summed E-state index contributed by atoms with van der Waals surface area (Å²) in [5.74, 6) is -1.01. The molecule has 1 aromatic heterocycles. The Bertz CT molecular complexity index is 1060. The number of benzene rings is 2. The summed E-state index contributed by atoms with van der Waals surface area (Å²) in [6.07, 6.45) is 0. The smallest absolute Gasteiger partial charge is 0.267 e. The van der Waals surface area contributed by atoms with Gasteiger partial charge in [-0.15, -0.1) is 11.3 Å². The SMILES string of the molecule is CN(c1ccc(F)cc1)S(=O)(=O)c1ccsc1C(=O)Nc1ccc(Cl)cc1. The van der Waals surface area contributed by atoms with E-state index in [1.165, 1.54) is 42.8 Å². The highest BCUT2D eigenvalue weighted by Crippen LogP contribution is 2.29. The first kappa shape index (κ1) is 19.3. The molecule has 3 rings (SSSR count). The van der Waals surface area contributed by atoms with Gasteiger partial charge in [0.05, 0.1) is 5.69 Å². The molecule has 0 aliphatic heterocycles. The number of thiophene rings is 1. The second-order valence-electron chi connectivity index (χ2n) is 5.52. The van der Waals surface area contributed by atoms with Crippen molar-refractivity contribution in [2.75, 3.05) is 16.7 Å². The van der Waals surface area contributed by atoms with Crippen molar-refractivity contribution in [3.05, 3.63) is 75.7 Å². The summed E-state index contributed by atoms with van der Waals surface area (Å²) in [4.78, 5) is 12.5. The van der Waals surface area contributed by atoms with Crippen LogP contribution in [0.2, 0.25) is 5.02 Å². The zero-order valence-electron chi connectivity index (χ0n) is 14.0. The van der Waals surface area contributed by atoms with E-state index in [1.807, 2.05) is 0 Å². The minimum absolute atomic E-state index is 0.0545. The van der Waals surface area contributed by atoms with Crippen LogP contribution >= 0.6 is 22.9 Å². The van der Waals surface area contributed by atoms with Crippen molar-refractivity contribution in [1.82, 2.24) is 0 Å². The molecule has 0 fully saturated rings. The van der Waals surface area contributed by atoms with Gasteiger partial charge in [0, 0.05) is 17.8 Å². The van der Waals surface area contributed by atoms with E-state index in [-0.39, 0.29) is 15.5 Å². The molecule has 0 saturated carbocycles.